The molecule has 13 heteroatoms. The van der Waals surface area contributed by atoms with E-state index in [4.69, 9.17) is 4.74 Å². The quantitative estimate of drug-likeness (QED) is 0.236. The molecule has 3 heterocycles. The molecule has 1 saturated carbocycles. The maximum Gasteiger partial charge on any atom is 0.268 e. The Morgan fingerprint density at radius 3 is 2.42 bits per heavy atom. The largest absolute Gasteiger partial charge is 0.453 e. The van der Waals surface area contributed by atoms with Crippen molar-refractivity contribution in [3.8, 4) is 17.2 Å². The van der Waals surface area contributed by atoms with Crippen molar-refractivity contribution in [3.63, 3.8) is 0 Å². The van der Waals surface area contributed by atoms with Crippen LogP contribution in [-0.4, -0.2) is 31.7 Å². The van der Waals surface area contributed by atoms with Crippen molar-refractivity contribution in [2.24, 2.45) is 5.92 Å². The van der Waals surface area contributed by atoms with Crippen molar-refractivity contribution in [3.05, 3.63) is 112 Å². The molecule has 0 radical (unpaired) electrons. The van der Waals surface area contributed by atoms with Crippen LogP contribution in [0.5, 0.6) is 11.5 Å². The van der Waals surface area contributed by atoms with Gasteiger partial charge in [0.15, 0.2) is 17.4 Å². The van der Waals surface area contributed by atoms with Gasteiger partial charge >= 0.3 is 0 Å². The molecular weight excluding hydrogens is 570 g/mol. The van der Waals surface area contributed by atoms with Crippen molar-refractivity contribution >= 4 is 29.0 Å². The first-order chi connectivity index (χ1) is 20.5. The van der Waals surface area contributed by atoms with Gasteiger partial charge in [0, 0.05) is 29.6 Å². The first kappa shape index (κ1) is 27.7. The van der Waals surface area contributed by atoms with Crippen molar-refractivity contribution in [1.29, 1.82) is 0 Å². The summed E-state index contributed by atoms with van der Waals surface area (Å²) in [6.07, 6.45) is 2.37. The van der Waals surface area contributed by atoms with Crippen LogP contribution in [0.15, 0.2) is 83.9 Å². The average Bonchev–Trinajstić information content (AvgIpc) is 3.42. The van der Waals surface area contributed by atoms with Crippen LogP contribution < -0.4 is 20.9 Å². The fourth-order valence-electron chi connectivity index (χ4n) is 4.50. The maximum atomic E-state index is 14.9. The Morgan fingerprint density at radius 2 is 1.72 bits per heavy atom. The number of fused-ring (bicyclic) bond motifs is 1. The van der Waals surface area contributed by atoms with Gasteiger partial charge < -0.3 is 19.8 Å². The van der Waals surface area contributed by atoms with E-state index in [0.717, 1.165) is 6.07 Å². The molecule has 1 unspecified atom stereocenters. The third-order valence-corrected chi connectivity index (χ3v) is 6.84. The van der Waals surface area contributed by atoms with Crippen LogP contribution in [-0.2, 0) is 4.79 Å². The van der Waals surface area contributed by atoms with Crippen molar-refractivity contribution in [2.75, 3.05) is 10.6 Å². The predicted octanol–water partition coefficient (Wildman–Crippen LogP) is 5.71. The number of imidazole rings is 1. The molecule has 5 aromatic rings. The number of rotatable bonds is 7. The standard InChI is InChI=1S/C30H21F4N5O4/c1-16-2-9-21(29(42)39(16)19-6-3-17(31)4-7-19)27(40)35-18-5-10-24(23(32)12-18)43-20-8-11-26-36-25(15-38(26)14-20)37-28(41)22-13-30(22,33)34/h2-12,14-15,22H,13H2,1H3,(H,35,40)(H,37,41). The predicted molar refractivity (Wildman–Crippen MR) is 148 cm³/mol. The lowest BCUT2D eigenvalue weighted by Crippen LogP contribution is -2.29. The summed E-state index contributed by atoms with van der Waals surface area (Å²) < 4.78 is 63.0. The summed E-state index contributed by atoms with van der Waals surface area (Å²) >= 11 is 0. The third kappa shape index (κ3) is 5.56. The number of nitrogens with one attached hydrogen (secondary N) is 2. The Labute approximate surface area is 240 Å². The highest BCUT2D eigenvalue weighted by Gasteiger charge is 2.61. The first-order valence-corrected chi connectivity index (χ1v) is 12.9. The van der Waals surface area contributed by atoms with Gasteiger partial charge in [0.05, 0.1) is 12.4 Å². The molecule has 1 aliphatic carbocycles. The first-order valence-electron chi connectivity index (χ1n) is 12.9. The number of carbonyl (C=O) groups excluding carboxylic acids is 2. The number of halogens is 4. The lowest BCUT2D eigenvalue weighted by atomic mass is 10.2. The number of nitrogens with zero attached hydrogens (tertiary/aromatic N) is 3. The number of anilines is 2. The van der Waals surface area contributed by atoms with Gasteiger partial charge in [-0.2, -0.15) is 0 Å². The SMILES string of the molecule is Cc1ccc(C(=O)Nc2ccc(Oc3ccc4nc(NC(=O)C5CC5(F)F)cn4c3)c(F)c2)c(=O)n1-c1ccc(F)cc1. The van der Waals surface area contributed by atoms with Gasteiger partial charge in [0.1, 0.15) is 28.7 Å². The van der Waals surface area contributed by atoms with Gasteiger partial charge in [-0.1, -0.05) is 0 Å². The fourth-order valence-corrected chi connectivity index (χ4v) is 4.50. The number of hydrogen-bond donors (Lipinski definition) is 2. The smallest absolute Gasteiger partial charge is 0.268 e. The van der Waals surface area contributed by atoms with Crippen LogP contribution in [0.3, 0.4) is 0 Å². The number of hydrogen-bond acceptors (Lipinski definition) is 5. The summed E-state index contributed by atoms with van der Waals surface area (Å²) in [5, 5.41) is 4.86. The number of alkyl halides is 2. The van der Waals surface area contributed by atoms with Crippen LogP contribution in [0, 0.1) is 24.5 Å². The monoisotopic (exact) mass is 591 g/mol. The molecule has 1 atom stereocenters. The number of aryl methyl sites for hydroxylation is 1. The molecule has 1 aliphatic rings. The van der Waals surface area contributed by atoms with Gasteiger partial charge in [-0.15, -0.1) is 0 Å². The number of carbonyl (C=O) groups is 2. The summed E-state index contributed by atoms with van der Waals surface area (Å²) in [5.74, 6) is -7.13. The van der Waals surface area contributed by atoms with E-state index in [1.165, 1.54) is 76.0 Å². The van der Waals surface area contributed by atoms with E-state index in [1.807, 2.05) is 0 Å². The van der Waals surface area contributed by atoms with Gasteiger partial charge in [0.2, 0.25) is 5.91 Å². The van der Waals surface area contributed by atoms with Crippen molar-refractivity contribution < 1.29 is 31.9 Å². The van der Waals surface area contributed by atoms with E-state index in [-0.39, 0.29) is 28.6 Å². The molecule has 3 aromatic heterocycles. The Hall–Kier alpha value is -5.46. The minimum absolute atomic E-state index is 0.0647. The topological polar surface area (TPSA) is 107 Å². The molecule has 218 valence electrons. The molecule has 1 fully saturated rings. The number of ether oxygens (including phenoxy) is 1. The summed E-state index contributed by atoms with van der Waals surface area (Å²) in [5.41, 5.74) is 0.522. The van der Waals surface area contributed by atoms with Crippen LogP contribution in [0.4, 0.5) is 29.1 Å². The van der Waals surface area contributed by atoms with E-state index in [2.05, 4.69) is 15.6 Å². The highest BCUT2D eigenvalue weighted by atomic mass is 19.3. The van der Waals surface area contributed by atoms with Crippen LogP contribution in [0.25, 0.3) is 11.3 Å². The van der Waals surface area contributed by atoms with E-state index in [0.29, 0.717) is 17.0 Å². The third-order valence-electron chi connectivity index (χ3n) is 6.84. The van der Waals surface area contributed by atoms with Crippen LogP contribution in [0.1, 0.15) is 22.5 Å². The highest BCUT2D eigenvalue weighted by Crippen LogP contribution is 2.49. The molecule has 0 bridgehead atoms. The minimum Gasteiger partial charge on any atom is -0.453 e. The maximum absolute atomic E-state index is 14.9. The number of aromatic nitrogens is 3. The van der Waals surface area contributed by atoms with Crippen LogP contribution >= 0.6 is 0 Å². The van der Waals surface area contributed by atoms with Gasteiger partial charge in [-0.05, 0) is 67.6 Å². The van der Waals surface area contributed by atoms with E-state index < -0.39 is 47.3 Å². The van der Waals surface area contributed by atoms with Crippen LogP contribution in [0.2, 0.25) is 0 Å². The van der Waals surface area contributed by atoms with E-state index in [9.17, 15) is 31.9 Å². The molecule has 6 rings (SSSR count). The molecule has 2 amide bonds. The zero-order valence-electron chi connectivity index (χ0n) is 22.3. The molecule has 9 nitrogen and oxygen atoms in total. The second-order valence-corrected chi connectivity index (χ2v) is 9.97. The summed E-state index contributed by atoms with van der Waals surface area (Å²) in [4.78, 5) is 42.1. The zero-order valence-corrected chi connectivity index (χ0v) is 22.3. The van der Waals surface area contributed by atoms with Gasteiger partial charge in [-0.25, -0.2) is 22.5 Å². The fraction of sp³-hybridized carbons (Fsp3) is 0.133. The number of amides is 2. The average molecular weight is 592 g/mol. The normalized spacial score (nSPS) is 15.2. The highest BCUT2D eigenvalue weighted by molar-refractivity contribution is 6.04. The number of pyridine rings is 2. The Morgan fingerprint density at radius 1 is 0.977 bits per heavy atom. The number of benzene rings is 2. The van der Waals surface area contributed by atoms with Crippen molar-refractivity contribution in [2.45, 2.75) is 19.3 Å². The summed E-state index contributed by atoms with van der Waals surface area (Å²) in [6.45, 7) is 1.67. The minimum atomic E-state index is -3.00. The second kappa shape index (κ2) is 10.4. The lowest BCUT2D eigenvalue weighted by molar-refractivity contribution is -0.119. The summed E-state index contributed by atoms with van der Waals surface area (Å²) in [7, 11) is 0. The Bertz CT molecular complexity index is 1970. The molecule has 2 N–H and O–H groups in total. The summed E-state index contributed by atoms with van der Waals surface area (Å²) in [6, 6.07) is 14.9. The van der Waals surface area contributed by atoms with Crippen molar-refractivity contribution in [1.82, 2.24) is 14.0 Å². The van der Waals surface area contributed by atoms with Gasteiger partial charge in [-0.3, -0.25) is 19.0 Å². The second-order valence-electron chi connectivity index (χ2n) is 9.97. The molecule has 0 aliphatic heterocycles. The molecule has 2 aromatic carbocycles. The molecule has 43 heavy (non-hydrogen) atoms. The van der Waals surface area contributed by atoms with Gasteiger partial charge in [0.25, 0.3) is 17.4 Å². The van der Waals surface area contributed by atoms with E-state index in [1.54, 1.807) is 13.0 Å². The lowest BCUT2D eigenvalue weighted by Gasteiger charge is -2.13. The Kier molecular flexibility index (Phi) is 6.71. The zero-order chi connectivity index (χ0) is 30.5. The molecule has 0 saturated heterocycles. The van der Waals surface area contributed by atoms with E-state index >= 15 is 0 Å². The molecular formula is C30H21F4N5O4. The Balaban J connectivity index is 1.15. The molecule has 0 spiro atoms.